The van der Waals surface area contributed by atoms with Gasteiger partial charge in [0.05, 0.1) is 11.0 Å². The average Bonchev–Trinajstić information content (AvgIpc) is 2.89. The number of nitrogens with zero attached hydrogens (tertiary/aromatic N) is 2. The summed E-state index contributed by atoms with van der Waals surface area (Å²) < 4.78 is 0. The Morgan fingerprint density at radius 2 is 2.11 bits per heavy atom. The molecule has 19 heavy (non-hydrogen) atoms. The summed E-state index contributed by atoms with van der Waals surface area (Å²) in [6.07, 6.45) is 8.51. The highest BCUT2D eigenvalue weighted by molar-refractivity contribution is 5.74. The van der Waals surface area contributed by atoms with Gasteiger partial charge in [0.2, 0.25) is 0 Å². The Bertz CT molecular complexity index is 552. The number of hydrogen-bond donors (Lipinski definition) is 1. The number of benzene rings is 1. The van der Waals surface area contributed by atoms with Crippen molar-refractivity contribution < 1.29 is 0 Å². The maximum absolute atomic E-state index is 5.32. The van der Waals surface area contributed by atoms with Crippen LogP contribution in [0.1, 0.15) is 31.0 Å². The molecule has 0 saturated carbocycles. The zero-order valence-electron chi connectivity index (χ0n) is 11.1. The number of imidazole rings is 1. The number of terminal acetylenes is 1. The van der Waals surface area contributed by atoms with Crippen molar-refractivity contribution in [3.63, 3.8) is 0 Å². The van der Waals surface area contributed by atoms with Crippen LogP contribution in [0.2, 0.25) is 0 Å². The van der Waals surface area contributed by atoms with Gasteiger partial charge in [-0.3, -0.25) is 0 Å². The minimum atomic E-state index is 0.564. The molecule has 1 aromatic carbocycles. The molecular formula is C16H19N3. The minimum Gasteiger partial charge on any atom is -0.342 e. The normalized spacial score (nSPS) is 17.6. The number of nitrogens with one attached hydrogen (secondary N) is 1. The summed E-state index contributed by atoms with van der Waals surface area (Å²) in [6.45, 7) is 3.29. The lowest BCUT2D eigenvalue weighted by Gasteiger charge is -2.30. The fourth-order valence-electron chi connectivity index (χ4n) is 2.82. The first-order valence-electron chi connectivity index (χ1n) is 6.97. The van der Waals surface area contributed by atoms with E-state index in [1.54, 1.807) is 0 Å². The van der Waals surface area contributed by atoms with Gasteiger partial charge in [-0.15, -0.1) is 12.3 Å². The van der Waals surface area contributed by atoms with Crippen molar-refractivity contribution >= 4 is 11.0 Å². The summed E-state index contributed by atoms with van der Waals surface area (Å²) >= 11 is 0. The van der Waals surface area contributed by atoms with Crippen LogP contribution in [0.5, 0.6) is 0 Å². The zero-order valence-corrected chi connectivity index (χ0v) is 11.1. The number of likely N-dealkylation sites (tertiary alicyclic amines) is 1. The number of H-pyrrole nitrogens is 1. The van der Waals surface area contributed by atoms with Crippen LogP contribution in [0, 0.1) is 12.3 Å². The molecule has 0 radical (unpaired) electrons. The first-order valence-corrected chi connectivity index (χ1v) is 6.97. The van der Waals surface area contributed by atoms with E-state index in [-0.39, 0.29) is 0 Å². The lowest BCUT2D eigenvalue weighted by molar-refractivity contribution is 0.214. The number of rotatable bonds is 3. The maximum atomic E-state index is 5.32. The molecule has 0 aliphatic carbocycles. The lowest BCUT2D eigenvalue weighted by atomic mass is 9.96. The van der Waals surface area contributed by atoms with E-state index in [1.165, 1.54) is 12.8 Å². The molecule has 2 aromatic rings. The van der Waals surface area contributed by atoms with Crippen LogP contribution < -0.4 is 0 Å². The number of hydrogen-bond acceptors (Lipinski definition) is 2. The van der Waals surface area contributed by atoms with Gasteiger partial charge in [-0.2, -0.15) is 0 Å². The number of para-hydroxylation sites is 2. The largest absolute Gasteiger partial charge is 0.342 e. The first kappa shape index (κ1) is 12.3. The molecule has 1 N–H and O–H groups in total. The van der Waals surface area contributed by atoms with Gasteiger partial charge < -0.3 is 9.88 Å². The van der Waals surface area contributed by atoms with Crippen molar-refractivity contribution in [1.29, 1.82) is 0 Å². The topological polar surface area (TPSA) is 31.9 Å². The predicted molar refractivity (Wildman–Crippen MR) is 78.0 cm³/mol. The van der Waals surface area contributed by atoms with E-state index in [1.807, 2.05) is 12.1 Å². The summed E-state index contributed by atoms with van der Waals surface area (Å²) in [5.74, 6) is 4.43. The smallest absolute Gasteiger partial charge is 0.110 e. The van der Waals surface area contributed by atoms with Gasteiger partial charge >= 0.3 is 0 Å². The monoisotopic (exact) mass is 253 g/mol. The third kappa shape index (κ3) is 2.64. The summed E-state index contributed by atoms with van der Waals surface area (Å²) in [5, 5.41) is 0. The Kier molecular flexibility index (Phi) is 3.52. The fraction of sp³-hybridized carbons (Fsp3) is 0.438. The Hall–Kier alpha value is -1.79. The molecule has 1 fully saturated rings. The Balaban J connectivity index is 1.66. The number of aromatic nitrogens is 2. The highest BCUT2D eigenvalue weighted by Crippen LogP contribution is 2.27. The molecule has 1 aliphatic heterocycles. The standard InChI is InChI=1S/C16H19N3/c1-2-3-10-19-11-8-13(9-12-19)16-17-14-6-4-5-7-15(14)18-16/h1,4-7,13H,3,8-12H2,(H,17,18). The van der Waals surface area contributed by atoms with Crippen molar-refractivity contribution in [2.75, 3.05) is 19.6 Å². The van der Waals surface area contributed by atoms with Crippen LogP contribution in [0.3, 0.4) is 0 Å². The highest BCUT2D eigenvalue weighted by Gasteiger charge is 2.22. The second-order valence-corrected chi connectivity index (χ2v) is 5.21. The molecule has 1 saturated heterocycles. The molecule has 98 valence electrons. The molecule has 1 aromatic heterocycles. The van der Waals surface area contributed by atoms with Gasteiger partial charge in [0.1, 0.15) is 5.82 Å². The third-order valence-corrected chi connectivity index (χ3v) is 3.95. The lowest BCUT2D eigenvalue weighted by Crippen LogP contribution is -2.33. The summed E-state index contributed by atoms with van der Waals surface area (Å²) in [5.41, 5.74) is 2.22. The molecule has 0 bridgehead atoms. The molecule has 0 amide bonds. The van der Waals surface area contributed by atoms with Crippen LogP contribution in [0.15, 0.2) is 24.3 Å². The number of piperidine rings is 1. The molecule has 0 unspecified atom stereocenters. The maximum Gasteiger partial charge on any atom is 0.110 e. The SMILES string of the molecule is C#CCCN1CCC(c2nc3ccccc3[nH]2)CC1. The molecule has 3 heteroatoms. The van der Waals surface area contributed by atoms with Crippen LogP contribution in [-0.4, -0.2) is 34.5 Å². The predicted octanol–water partition coefficient (Wildman–Crippen LogP) is 2.77. The second-order valence-electron chi connectivity index (χ2n) is 5.21. The molecule has 3 nitrogen and oxygen atoms in total. The van der Waals surface area contributed by atoms with Crippen molar-refractivity contribution in [3.8, 4) is 12.3 Å². The molecule has 3 rings (SSSR count). The number of fused-ring (bicyclic) bond motifs is 1. The average molecular weight is 253 g/mol. The molecule has 0 atom stereocenters. The van der Waals surface area contributed by atoms with E-state index in [0.29, 0.717) is 5.92 Å². The Labute approximate surface area is 114 Å². The van der Waals surface area contributed by atoms with E-state index >= 15 is 0 Å². The highest BCUT2D eigenvalue weighted by atomic mass is 15.1. The van der Waals surface area contributed by atoms with Crippen LogP contribution >= 0.6 is 0 Å². The van der Waals surface area contributed by atoms with Gasteiger partial charge in [-0.1, -0.05) is 12.1 Å². The van der Waals surface area contributed by atoms with Gasteiger partial charge in [-0.25, -0.2) is 4.98 Å². The van der Waals surface area contributed by atoms with Gasteiger partial charge in [0.25, 0.3) is 0 Å². The fourth-order valence-corrected chi connectivity index (χ4v) is 2.82. The van der Waals surface area contributed by atoms with E-state index in [9.17, 15) is 0 Å². The molecule has 2 heterocycles. The molecule has 0 spiro atoms. The minimum absolute atomic E-state index is 0.564. The van der Waals surface area contributed by atoms with Crippen LogP contribution in [0.25, 0.3) is 11.0 Å². The van der Waals surface area contributed by atoms with E-state index < -0.39 is 0 Å². The van der Waals surface area contributed by atoms with E-state index in [4.69, 9.17) is 11.4 Å². The molecule has 1 aliphatic rings. The Morgan fingerprint density at radius 1 is 1.32 bits per heavy atom. The molecular weight excluding hydrogens is 234 g/mol. The van der Waals surface area contributed by atoms with Crippen molar-refractivity contribution in [3.05, 3.63) is 30.1 Å². The second kappa shape index (κ2) is 5.46. The quantitative estimate of drug-likeness (QED) is 0.853. The zero-order chi connectivity index (χ0) is 13.1. The number of aromatic amines is 1. The summed E-state index contributed by atoms with van der Waals surface area (Å²) in [7, 11) is 0. The third-order valence-electron chi connectivity index (χ3n) is 3.95. The van der Waals surface area contributed by atoms with Crippen molar-refractivity contribution in [1.82, 2.24) is 14.9 Å². The summed E-state index contributed by atoms with van der Waals surface area (Å²) in [4.78, 5) is 10.6. The Morgan fingerprint density at radius 3 is 2.84 bits per heavy atom. The van der Waals surface area contributed by atoms with Crippen LogP contribution in [0.4, 0.5) is 0 Å². The summed E-state index contributed by atoms with van der Waals surface area (Å²) in [6, 6.07) is 8.24. The van der Waals surface area contributed by atoms with Gasteiger partial charge in [0.15, 0.2) is 0 Å². The van der Waals surface area contributed by atoms with E-state index in [2.05, 4.69) is 27.9 Å². The van der Waals surface area contributed by atoms with Crippen molar-refractivity contribution in [2.45, 2.75) is 25.2 Å². The van der Waals surface area contributed by atoms with Crippen LogP contribution in [-0.2, 0) is 0 Å². The van der Waals surface area contributed by atoms with Crippen molar-refractivity contribution in [2.24, 2.45) is 0 Å². The van der Waals surface area contributed by atoms with Gasteiger partial charge in [-0.05, 0) is 38.1 Å². The van der Waals surface area contributed by atoms with Gasteiger partial charge in [0, 0.05) is 18.9 Å². The van der Waals surface area contributed by atoms with E-state index in [0.717, 1.165) is 42.9 Å². The first-order chi connectivity index (χ1) is 9.36.